The fraction of sp³-hybridized carbons (Fsp3) is 0.550. The van der Waals surface area contributed by atoms with E-state index in [0.717, 1.165) is 42.8 Å². The van der Waals surface area contributed by atoms with Gasteiger partial charge in [-0.05, 0) is 62.0 Å². The van der Waals surface area contributed by atoms with Gasteiger partial charge in [0.2, 0.25) is 0 Å². The lowest BCUT2D eigenvalue weighted by Crippen LogP contribution is -2.31. The summed E-state index contributed by atoms with van der Waals surface area (Å²) in [6, 6.07) is 8.66. The molecule has 1 aromatic heterocycles. The molecule has 2 aromatic rings. The van der Waals surface area contributed by atoms with Gasteiger partial charge in [-0.3, -0.25) is 9.88 Å². The van der Waals surface area contributed by atoms with Crippen LogP contribution in [0.3, 0.4) is 0 Å². The molecule has 4 nitrogen and oxygen atoms in total. The van der Waals surface area contributed by atoms with Crippen molar-refractivity contribution in [2.45, 2.75) is 19.4 Å². The van der Waals surface area contributed by atoms with E-state index in [2.05, 4.69) is 14.8 Å². The first-order chi connectivity index (χ1) is 12.2. The number of fused-ring (bicyclic) bond motifs is 1. The minimum absolute atomic E-state index is 0.225. The predicted octanol–water partition coefficient (Wildman–Crippen LogP) is 2.51. The second kappa shape index (κ2) is 7.36. The lowest BCUT2D eigenvalue weighted by atomic mass is 9.96. The van der Waals surface area contributed by atoms with Crippen LogP contribution in [0.1, 0.15) is 18.5 Å². The smallest absolute Gasteiger partial charge is 0.123 e. The molecule has 4 rings (SSSR count). The SMILES string of the molecule is OC[C@H]1CN(Cc2ccc3cc(F)ccc3n2)C[C@H]1CN1CCCC1. The molecule has 2 fully saturated rings. The fourth-order valence-corrected chi connectivity index (χ4v) is 4.33. The summed E-state index contributed by atoms with van der Waals surface area (Å²) >= 11 is 0. The minimum atomic E-state index is -0.225. The number of halogens is 1. The van der Waals surface area contributed by atoms with E-state index >= 15 is 0 Å². The largest absolute Gasteiger partial charge is 0.396 e. The Hall–Kier alpha value is -1.56. The normalized spacial score (nSPS) is 25.2. The van der Waals surface area contributed by atoms with Gasteiger partial charge in [-0.15, -0.1) is 0 Å². The fourth-order valence-electron chi connectivity index (χ4n) is 4.33. The number of aliphatic hydroxyl groups excluding tert-OH is 1. The van der Waals surface area contributed by atoms with Gasteiger partial charge in [0.25, 0.3) is 0 Å². The van der Waals surface area contributed by atoms with E-state index in [1.807, 2.05) is 12.1 Å². The Kier molecular flexibility index (Phi) is 4.97. The summed E-state index contributed by atoms with van der Waals surface area (Å²) in [7, 11) is 0. The van der Waals surface area contributed by atoms with E-state index < -0.39 is 0 Å². The number of aliphatic hydroxyl groups is 1. The Labute approximate surface area is 148 Å². The highest BCUT2D eigenvalue weighted by Gasteiger charge is 2.33. The highest BCUT2D eigenvalue weighted by Crippen LogP contribution is 2.27. The van der Waals surface area contributed by atoms with Crippen molar-refractivity contribution in [1.82, 2.24) is 14.8 Å². The first kappa shape index (κ1) is 16.9. The summed E-state index contributed by atoms with van der Waals surface area (Å²) < 4.78 is 13.3. The van der Waals surface area contributed by atoms with Gasteiger partial charge in [0.15, 0.2) is 0 Å². The Balaban J connectivity index is 1.42. The highest BCUT2D eigenvalue weighted by atomic mass is 19.1. The van der Waals surface area contributed by atoms with Gasteiger partial charge in [-0.2, -0.15) is 0 Å². The lowest BCUT2D eigenvalue weighted by molar-refractivity contribution is 0.175. The molecule has 134 valence electrons. The lowest BCUT2D eigenvalue weighted by Gasteiger charge is -2.23. The predicted molar refractivity (Wildman–Crippen MR) is 96.7 cm³/mol. The Morgan fingerprint density at radius 3 is 2.64 bits per heavy atom. The molecule has 5 heteroatoms. The maximum absolute atomic E-state index is 13.3. The number of benzene rings is 1. The van der Waals surface area contributed by atoms with Crippen LogP contribution in [0.5, 0.6) is 0 Å². The van der Waals surface area contributed by atoms with E-state index in [9.17, 15) is 9.50 Å². The molecule has 0 spiro atoms. The molecule has 2 aliphatic rings. The molecule has 25 heavy (non-hydrogen) atoms. The Bertz CT molecular complexity index is 732. The highest BCUT2D eigenvalue weighted by molar-refractivity contribution is 5.78. The van der Waals surface area contributed by atoms with Gasteiger partial charge in [0.05, 0.1) is 11.2 Å². The number of likely N-dealkylation sites (tertiary alicyclic amines) is 2. The van der Waals surface area contributed by atoms with E-state index in [1.54, 1.807) is 6.07 Å². The molecular formula is C20H26FN3O. The van der Waals surface area contributed by atoms with E-state index in [-0.39, 0.29) is 12.4 Å². The van der Waals surface area contributed by atoms with Crippen molar-refractivity contribution in [3.8, 4) is 0 Å². The molecule has 0 aliphatic carbocycles. The molecule has 2 aliphatic heterocycles. The van der Waals surface area contributed by atoms with Crippen LogP contribution in [0.25, 0.3) is 10.9 Å². The van der Waals surface area contributed by atoms with Crippen molar-refractivity contribution < 1.29 is 9.50 Å². The van der Waals surface area contributed by atoms with Crippen molar-refractivity contribution in [2.24, 2.45) is 11.8 Å². The molecule has 2 saturated heterocycles. The van der Waals surface area contributed by atoms with E-state index in [1.165, 1.54) is 38.1 Å². The number of hydrogen-bond acceptors (Lipinski definition) is 4. The second-order valence-electron chi connectivity index (χ2n) is 7.54. The molecule has 1 N–H and O–H groups in total. The van der Waals surface area contributed by atoms with Crippen molar-refractivity contribution >= 4 is 10.9 Å². The van der Waals surface area contributed by atoms with Crippen LogP contribution in [0.2, 0.25) is 0 Å². The van der Waals surface area contributed by atoms with Crippen molar-refractivity contribution in [1.29, 1.82) is 0 Å². The van der Waals surface area contributed by atoms with Crippen LogP contribution in [0.15, 0.2) is 30.3 Å². The molecule has 0 unspecified atom stereocenters. The zero-order valence-corrected chi connectivity index (χ0v) is 14.6. The molecule has 0 amide bonds. The zero-order valence-electron chi connectivity index (χ0n) is 14.6. The molecule has 3 heterocycles. The number of pyridine rings is 1. The number of hydrogen-bond donors (Lipinski definition) is 1. The summed E-state index contributed by atoms with van der Waals surface area (Å²) in [5, 5.41) is 10.6. The zero-order chi connectivity index (χ0) is 17.2. The van der Waals surface area contributed by atoms with Gasteiger partial charge in [0.1, 0.15) is 5.82 Å². The van der Waals surface area contributed by atoms with Gasteiger partial charge in [-0.1, -0.05) is 6.07 Å². The minimum Gasteiger partial charge on any atom is -0.396 e. The van der Waals surface area contributed by atoms with Crippen LogP contribution in [-0.4, -0.2) is 59.2 Å². The summed E-state index contributed by atoms with van der Waals surface area (Å²) in [5.41, 5.74) is 1.85. The molecule has 1 aromatic carbocycles. The average molecular weight is 343 g/mol. The quantitative estimate of drug-likeness (QED) is 0.906. The van der Waals surface area contributed by atoms with Crippen molar-refractivity contribution in [3.63, 3.8) is 0 Å². The maximum atomic E-state index is 13.3. The number of rotatable bonds is 5. The first-order valence-corrected chi connectivity index (χ1v) is 9.32. The summed E-state index contributed by atoms with van der Waals surface area (Å²) in [5.74, 6) is 0.671. The Morgan fingerprint density at radius 1 is 1.04 bits per heavy atom. The third-order valence-electron chi connectivity index (χ3n) is 5.67. The monoisotopic (exact) mass is 343 g/mol. The van der Waals surface area contributed by atoms with Crippen LogP contribution in [0.4, 0.5) is 4.39 Å². The summed E-state index contributed by atoms with van der Waals surface area (Å²) in [6.07, 6.45) is 2.61. The van der Waals surface area contributed by atoms with E-state index in [4.69, 9.17) is 0 Å². The van der Waals surface area contributed by atoms with Gasteiger partial charge in [0, 0.05) is 38.2 Å². The van der Waals surface area contributed by atoms with Crippen LogP contribution < -0.4 is 0 Å². The van der Waals surface area contributed by atoms with Crippen LogP contribution >= 0.6 is 0 Å². The maximum Gasteiger partial charge on any atom is 0.123 e. The van der Waals surface area contributed by atoms with Crippen molar-refractivity contribution in [3.05, 3.63) is 41.8 Å². The Morgan fingerprint density at radius 2 is 1.84 bits per heavy atom. The molecule has 0 radical (unpaired) electrons. The molecule has 0 bridgehead atoms. The molecule has 2 atom stereocenters. The standard InChI is InChI=1S/C20H26FN3O/c21-18-4-6-20-15(9-18)3-5-19(22-20)13-24-11-16(17(12-24)14-25)10-23-7-1-2-8-23/h3-6,9,16-17,25H,1-2,7-8,10-14H2/t16-,17-/m1/s1. The second-order valence-corrected chi connectivity index (χ2v) is 7.54. The van der Waals surface area contributed by atoms with Gasteiger partial charge in [-0.25, -0.2) is 4.39 Å². The van der Waals surface area contributed by atoms with Crippen LogP contribution in [0, 0.1) is 17.7 Å². The first-order valence-electron chi connectivity index (χ1n) is 9.32. The van der Waals surface area contributed by atoms with Crippen molar-refractivity contribution in [2.75, 3.05) is 39.3 Å². The van der Waals surface area contributed by atoms with Gasteiger partial charge >= 0.3 is 0 Å². The summed E-state index contributed by atoms with van der Waals surface area (Å²) in [4.78, 5) is 9.62. The topological polar surface area (TPSA) is 39.6 Å². The van der Waals surface area contributed by atoms with E-state index in [0.29, 0.717) is 11.8 Å². The molecular weight excluding hydrogens is 317 g/mol. The third-order valence-corrected chi connectivity index (χ3v) is 5.67. The average Bonchev–Trinajstić information content (AvgIpc) is 3.25. The van der Waals surface area contributed by atoms with Crippen LogP contribution in [-0.2, 0) is 6.54 Å². The number of aromatic nitrogens is 1. The number of nitrogens with zero attached hydrogens (tertiary/aromatic N) is 3. The van der Waals surface area contributed by atoms with Gasteiger partial charge < -0.3 is 10.0 Å². The molecule has 0 saturated carbocycles. The summed E-state index contributed by atoms with van der Waals surface area (Å²) in [6.45, 7) is 6.52. The third kappa shape index (κ3) is 3.84.